The highest BCUT2D eigenvalue weighted by Crippen LogP contribution is 2.63. The third kappa shape index (κ3) is 2.32. The van der Waals surface area contributed by atoms with Gasteiger partial charge in [0, 0.05) is 36.4 Å². The van der Waals surface area contributed by atoms with E-state index in [1.807, 2.05) is 30.3 Å². The Kier molecular flexibility index (Phi) is 3.75. The van der Waals surface area contributed by atoms with E-state index in [9.17, 15) is 10.2 Å². The number of hydrogen-bond acceptors (Lipinski definition) is 5. The summed E-state index contributed by atoms with van der Waals surface area (Å²) in [5.41, 5.74) is 2.35. The van der Waals surface area contributed by atoms with Gasteiger partial charge in [0.25, 0.3) is 0 Å². The lowest BCUT2D eigenvalue weighted by Gasteiger charge is -2.65. The van der Waals surface area contributed by atoms with E-state index in [1.165, 1.54) is 24.0 Å². The summed E-state index contributed by atoms with van der Waals surface area (Å²) in [5, 5.41) is 24.7. The highest BCUT2D eigenvalue weighted by atomic mass is 16.5. The maximum atomic E-state index is 12.7. The van der Waals surface area contributed by atoms with Crippen LogP contribution in [0.3, 0.4) is 0 Å². The third-order valence-electron chi connectivity index (χ3n) is 9.16. The number of para-hydroxylation sites is 1. The Bertz CT molecular complexity index is 1160. The van der Waals surface area contributed by atoms with Crippen molar-refractivity contribution in [3.63, 3.8) is 0 Å². The molecular formula is C27H30N2O3. The molecule has 3 fully saturated rings. The third-order valence-corrected chi connectivity index (χ3v) is 9.16. The standard InChI is InChI=1S/C27H30N2O3/c1-32-19-9-8-18-12-24-27(31)16-26(30)20-4-2-3-5-22(20)28-23(26)14-25(27,21(18)13-19)10-11-29(24)15-17-6-7-17/h2-5,8-9,13,17,24,30-31H,6-7,10-12,14-16H2,1H3/t24-,25-,26?,27-/m1/s1. The predicted molar refractivity (Wildman–Crippen MR) is 123 cm³/mol. The number of likely N-dealkylation sites (tertiary alicyclic amines) is 1. The number of aliphatic imine (C=N–C) groups is 1. The highest BCUT2D eigenvalue weighted by Gasteiger charge is 2.69. The molecule has 5 heteroatoms. The van der Waals surface area contributed by atoms with Gasteiger partial charge in [-0.15, -0.1) is 0 Å². The topological polar surface area (TPSA) is 65.3 Å². The van der Waals surface area contributed by atoms with Crippen LogP contribution in [0.4, 0.5) is 5.69 Å². The summed E-state index contributed by atoms with van der Waals surface area (Å²) in [4.78, 5) is 7.45. The summed E-state index contributed by atoms with van der Waals surface area (Å²) < 4.78 is 5.59. The molecule has 5 aliphatic rings. The van der Waals surface area contributed by atoms with E-state index in [0.717, 1.165) is 54.6 Å². The number of methoxy groups -OCH3 is 1. The SMILES string of the molecule is COc1ccc2c(c1)[C@]13CCN(CC4CC4)[C@H](C2)[C@]1(O)CC1(O)C(=Nc2ccccc21)C3. The molecule has 7 rings (SSSR count). The van der Waals surface area contributed by atoms with Crippen molar-refractivity contribution in [3.8, 4) is 5.75 Å². The lowest BCUT2D eigenvalue weighted by molar-refractivity contribution is -0.181. The Hall–Kier alpha value is -2.21. The Morgan fingerprint density at radius 1 is 1.12 bits per heavy atom. The van der Waals surface area contributed by atoms with Crippen molar-refractivity contribution in [3.05, 3.63) is 59.2 Å². The van der Waals surface area contributed by atoms with E-state index in [0.29, 0.717) is 12.8 Å². The van der Waals surface area contributed by atoms with Crippen LogP contribution < -0.4 is 4.74 Å². The molecule has 3 aliphatic carbocycles. The summed E-state index contributed by atoms with van der Waals surface area (Å²) >= 11 is 0. The van der Waals surface area contributed by atoms with Gasteiger partial charge in [0.15, 0.2) is 0 Å². The second-order valence-electron chi connectivity index (χ2n) is 10.7. The molecule has 0 spiro atoms. The minimum absolute atomic E-state index is 0.0103. The summed E-state index contributed by atoms with van der Waals surface area (Å²) in [7, 11) is 1.70. The average Bonchev–Trinajstić information content (AvgIpc) is 3.56. The quantitative estimate of drug-likeness (QED) is 0.783. The number of piperidine rings is 1. The van der Waals surface area contributed by atoms with Crippen LogP contribution in [0.25, 0.3) is 0 Å². The van der Waals surface area contributed by atoms with Crippen LogP contribution in [0.5, 0.6) is 5.75 Å². The van der Waals surface area contributed by atoms with Gasteiger partial charge in [-0.3, -0.25) is 9.89 Å². The number of hydrogen-bond donors (Lipinski definition) is 2. The molecule has 166 valence electrons. The normalized spacial score (nSPS) is 37.1. The first kappa shape index (κ1) is 19.3. The number of benzene rings is 2. The Morgan fingerprint density at radius 3 is 2.78 bits per heavy atom. The molecule has 2 bridgehead atoms. The zero-order valence-corrected chi connectivity index (χ0v) is 18.6. The zero-order chi connectivity index (χ0) is 21.7. The minimum atomic E-state index is -1.19. The largest absolute Gasteiger partial charge is 0.497 e. The van der Waals surface area contributed by atoms with Crippen molar-refractivity contribution < 1.29 is 14.9 Å². The molecule has 2 aromatic carbocycles. The van der Waals surface area contributed by atoms with Gasteiger partial charge >= 0.3 is 0 Å². The maximum absolute atomic E-state index is 12.7. The summed E-state index contributed by atoms with van der Waals surface area (Å²) in [6, 6.07) is 14.3. The molecule has 4 atom stereocenters. The number of nitrogens with zero attached hydrogens (tertiary/aromatic N) is 2. The average molecular weight is 431 g/mol. The highest BCUT2D eigenvalue weighted by molar-refractivity contribution is 6.02. The minimum Gasteiger partial charge on any atom is -0.497 e. The maximum Gasteiger partial charge on any atom is 0.132 e. The van der Waals surface area contributed by atoms with Crippen LogP contribution in [-0.4, -0.2) is 52.7 Å². The fourth-order valence-electron chi connectivity index (χ4n) is 7.36. The predicted octanol–water partition coefficient (Wildman–Crippen LogP) is 3.47. The molecule has 0 aromatic heterocycles. The van der Waals surface area contributed by atoms with Gasteiger partial charge in [0.1, 0.15) is 11.4 Å². The van der Waals surface area contributed by atoms with Crippen molar-refractivity contribution in [1.82, 2.24) is 4.90 Å². The van der Waals surface area contributed by atoms with Gasteiger partial charge in [-0.05, 0) is 67.5 Å². The van der Waals surface area contributed by atoms with Gasteiger partial charge in [-0.25, -0.2) is 0 Å². The molecule has 2 saturated carbocycles. The van der Waals surface area contributed by atoms with Crippen molar-refractivity contribution in [2.45, 2.75) is 61.2 Å². The Balaban J connectivity index is 1.42. The molecule has 1 saturated heterocycles. The van der Waals surface area contributed by atoms with E-state index in [4.69, 9.17) is 9.73 Å². The number of aliphatic hydroxyl groups is 2. The Morgan fingerprint density at radius 2 is 1.97 bits per heavy atom. The monoisotopic (exact) mass is 430 g/mol. The molecule has 0 radical (unpaired) electrons. The molecule has 1 unspecified atom stereocenters. The van der Waals surface area contributed by atoms with Crippen LogP contribution >= 0.6 is 0 Å². The first-order valence-corrected chi connectivity index (χ1v) is 12.0. The number of ether oxygens (including phenoxy) is 1. The molecule has 2 heterocycles. The molecular weight excluding hydrogens is 400 g/mol. The van der Waals surface area contributed by atoms with Gasteiger partial charge in [-0.1, -0.05) is 24.3 Å². The molecule has 32 heavy (non-hydrogen) atoms. The second-order valence-corrected chi connectivity index (χ2v) is 10.7. The summed E-state index contributed by atoms with van der Waals surface area (Å²) in [6.45, 7) is 2.04. The fourth-order valence-corrected chi connectivity index (χ4v) is 7.36. The van der Waals surface area contributed by atoms with Crippen LogP contribution in [0, 0.1) is 5.92 Å². The van der Waals surface area contributed by atoms with Crippen molar-refractivity contribution in [2.75, 3.05) is 20.2 Å². The van der Waals surface area contributed by atoms with Crippen molar-refractivity contribution >= 4 is 11.4 Å². The van der Waals surface area contributed by atoms with Gasteiger partial charge in [-0.2, -0.15) is 0 Å². The smallest absolute Gasteiger partial charge is 0.132 e. The molecule has 2 N–H and O–H groups in total. The van der Waals surface area contributed by atoms with Gasteiger partial charge in [0.2, 0.25) is 0 Å². The lowest BCUT2D eigenvalue weighted by Crippen LogP contribution is -2.76. The van der Waals surface area contributed by atoms with E-state index >= 15 is 0 Å². The van der Waals surface area contributed by atoms with Crippen molar-refractivity contribution in [2.24, 2.45) is 10.9 Å². The summed E-state index contributed by atoms with van der Waals surface area (Å²) in [6.07, 6.45) is 5.18. The van der Waals surface area contributed by atoms with Crippen molar-refractivity contribution in [1.29, 1.82) is 0 Å². The first-order chi connectivity index (χ1) is 15.5. The van der Waals surface area contributed by atoms with E-state index in [-0.39, 0.29) is 6.04 Å². The summed E-state index contributed by atoms with van der Waals surface area (Å²) in [5.74, 6) is 1.59. The Labute approximate surface area is 188 Å². The molecule has 5 nitrogen and oxygen atoms in total. The molecule has 0 amide bonds. The van der Waals surface area contributed by atoms with Crippen LogP contribution in [0.15, 0.2) is 47.5 Å². The fraction of sp³-hybridized carbons (Fsp3) is 0.519. The lowest BCUT2D eigenvalue weighted by atomic mass is 9.46. The van der Waals surface area contributed by atoms with E-state index < -0.39 is 16.6 Å². The van der Waals surface area contributed by atoms with Crippen LogP contribution in [0.2, 0.25) is 0 Å². The molecule has 2 aliphatic heterocycles. The van der Waals surface area contributed by atoms with Gasteiger partial charge < -0.3 is 14.9 Å². The van der Waals surface area contributed by atoms with Crippen LogP contribution in [0.1, 0.15) is 48.8 Å². The number of rotatable bonds is 3. The van der Waals surface area contributed by atoms with E-state index in [2.05, 4.69) is 17.0 Å². The number of fused-ring (bicyclic) bond motifs is 4. The second kappa shape index (κ2) is 6.22. The van der Waals surface area contributed by atoms with Gasteiger partial charge in [0.05, 0.1) is 24.1 Å². The zero-order valence-electron chi connectivity index (χ0n) is 18.6. The van der Waals surface area contributed by atoms with Crippen LogP contribution in [-0.2, 0) is 17.4 Å². The first-order valence-electron chi connectivity index (χ1n) is 12.0. The molecule has 2 aromatic rings. The van der Waals surface area contributed by atoms with E-state index in [1.54, 1.807) is 7.11 Å².